The molecule has 1 unspecified atom stereocenters. The number of hydrogen-bond donors (Lipinski definition) is 1. The predicted molar refractivity (Wildman–Crippen MR) is 90.3 cm³/mol. The molecule has 1 N–H and O–H groups in total. The highest BCUT2D eigenvalue weighted by Crippen LogP contribution is 2.34. The van der Waals surface area contributed by atoms with Crippen molar-refractivity contribution < 1.29 is 13.5 Å². The Morgan fingerprint density at radius 1 is 0.920 bits per heavy atom. The summed E-state index contributed by atoms with van der Waals surface area (Å²) in [6.45, 7) is 0.553. The number of rotatable bonds is 3. The molecule has 25 heavy (non-hydrogen) atoms. The van der Waals surface area contributed by atoms with Gasteiger partial charge in [-0.15, -0.1) is 10.2 Å². The monoisotopic (exact) mass is 339 g/mol. The molecule has 0 saturated heterocycles. The van der Waals surface area contributed by atoms with E-state index in [0.29, 0.717) is 30.3 Å². The van der Waals surface area contributed by atoms with Gasteiger partial charge in [-0.25, -0.2) is 8.78 Å². The van der Waals surface area contributed by atoms with Crippen molar-refractivity contribution in [3.05, 3.63) is 71.8 Å². The lowest BCUT2D eigenvalue weighted by atomic mass is 10.0. The molecule has 1 aliphatic rings. The maximum Gasteiger partial charge on any atom is 0.149 e. The number of nitrogens with one attached hydrogen (secondary N) is 1. The van der Waals surface area contributed by atoms with Crippen LogP contribution in [0.4, 0.5) is 14.6 Å². The number of hydrogen-bond acceptors (Lipinski definition) is 4. The van der Waals surface area contributed by atoms with Gasteiger partial charge in [0.1, 0.15) is 23.2 Å². The maximum atomic E-state index is 13.5. The van der Waals surface area contributed by atoms with Gasteiger partial charge in [-0.05, 0) is 54.6 Å². The van der Waals surface area contributed by atoms with Crippen molar-refractivity contribution in [3.63, 3.8) is 0 Å². The van der Waals surface area contributed by atoms with E-state index in [1.54, 1.807) is 24.3 Å². The first kappa shape index (κ1) is 15.5. The molecule has 0 radical (unpaired) electrons. The molecule has 126 valence electrons. The summed E-state index contributed by atoms with van der Waals surface area (Å²) in [6.07, 6.45) is 0.706. The summed E-state index contributed by atoms with van der Waals surface area (Å²) in [5, 5.41) is 11.6. The third-order valence-corrected chi connectivity index (χ3v) is 4.14. The fraction of sp³-hybridized carbons (Fsp3) is 0.158. The third-order valence-electron chi connectivity index (χ3n) is 4.14. The molecular formula is C19H15F2N3O. The first-order valence-electron chi connectivity index (χ1n) is 7.97. The quantitative estimate of drug-likeness (QED) is 0.770. The van der Waals surface area contributed by atoms with Crippen molar-refractivity contribution in [2.24, 2.45) is 0 Å². The standard InChI is InChI=1S/C19H15F2N3O/c20-13-3-1-12(2-4-13)16-6-8-19(24-23-16)22-17-9-10-25-18-7-5-14(21)11-15(17)18/h1-8,11,17H,9-10H2,(H,22,24). The Kier molecular flexibility index (Phi) is 4.01. The molecule has 0 amide bonds. The van der Waals surface area contributed by atoms with Crippen LogP contribution in [0.2, 0.25) is 0 Å². The van der Waals surface area contributed by atoms with E-state index in [0.717, 1.165) is 11.1 Å². The minimum atomic E-state index is -0.297. The van der Waals surface area contributed by atoms with Gasteiger partial charge in [0.25, 0.3) is 0 Å². The van der Waals surface area contributed by atoms with Crippen LogP contribution in [0.1, 0.15) is 18.0 Å². The van der Waals surface area contributed by atoms with Gasteiger partial charge in [0.15, 0.2) is 0 Å². The Bertz CT molecular complexity index is 882. The Labute approximate surface area is 143 Å². The van der Waals surface area contributed by atoms with Crippen LogP contribution in [0, 0.1) is 11.6 Å². The van der Waals surface area contributed by atoms with Gasteiger partial charge in [0.05, 0.1) is 18.3 Å². The van der Waals surface area contributed by atoms with Crippen molar-refractivity contribution >= 4 is 5.82 Å². The summed E-state index contributed by atoms with van der Waals surface area (Å²) in [6, 6.07) is 14.1. The zero-order valence-corrected chi connectivity index (χ0v) is 13.2. The van der Waals surface area contributed by atoms with Crippen LogP contribution >= 0.6 is 0 Å². The second-order valence-corrected chi connectivity index (χ2v) is 5.83. The molecule has 3 aromatic rings. The second kappa shape index (κ2) is 6.47. The van der Waals surface area contributed by atoms with Crippen LogP contribution in [0.3, 0.4) is 0 Å². The summed E-state index contributed by atoms with van der Waals surface area (Å²) >= 11 is 0. The topological polar surface area (TPSA) is 47.0 Å². The molecule has 4 nitrogen and oxygen atoms in total. The highest BCUT2D eigenvalue weighted by Gasteiger charge is 2.22. The van der Waals surface area contributed by atoms with E-state index in [1.165, 1.54) is 24.3 Å². The van der Waals surface area contributed by atoms with Gasteiger partial charge in [0, 0.05) is 17.5 Å². The number of benzene rings is 2. The van der Waals surface area contributed by atoms with Gasteiger partial charge >= 0.3 is 0 Å². The van der Waals surface area contributed by atoms with Crippen LogP contribution in [-0.4, -0.2) is 16.8 Å². The van der Waals surface area contributed by atoms with Gasteiger partial charge < -0.3 is 10.1 Å². The molecule has 0 aliphatic carbocycles. The highest BCUT2D eigenvalue weighted by atomic mass is 19.1. The average molecular weight is 339 g/mol. The summed E-state index contributed by atoms with van der Waals surface area (Å²) in [5.74, 6) is 0.684. The zero-order valence-electron chi connectivity index (χ0n) is 13.2. The molecule has 1 atom stereocenters. The molecule has 1 aromatic heterocycles. The molecular weight excluding hydrogens is 324 g/mol. The zero-order chi connectivity index (χ0) is 17.2. The van der Waals surface area contributed by atoms with E-state index >= 15 is 0 Å². The van der Waals surface area contributed by atoms with E-state index in [1.807, 2.05) is 6.07 Å². The van der Waals surface area contributed by atoms with Crippen molar-refractivity contribution in [3.8, 4) is 17.0 Å². The first-order chi connectivity index (χ1) is 12.2. The van der Waals surface area contributed by atoms with E-state index in [9.17, 15) is 8.78 Å². The lowest BCUT2D eigenvalue weighted by Gasteiger charge is -2.27. The van der Waals surface area contributed by atoms with Crippen LogP contribution in [0.5, 0.6) is 5.75 Å². The molecule has 0 spiro atoms. The smallest absolute Gasteiger partial charge is 0.149 e. The fourth-order valence-corrected chi connectivity index (χ4v) is 2.88. The van der Waals surface area contributed by atoms with E-state index in [4.69, 9.17) is 4.74 Å². The molecule has 1 aliphatic heterocycles. The Morgan fingerprint density at radius 3 is 2.48 bits per heavy atom. The fourth-order valence-electron chi connectivity index (χ4n) is 2.88. The van der Waals surface area contributed by atoms with Gasteiger partial charge in [-0.2, -0.15) is 0 Å². The number of ether oxygens (including phenoxy) is 1. The van der Waals surface area contributed by atoms with E-state index < -0.39 is 0 Å². The number of nitrogens with zero attached hydrogens (tertiary/aromatic N) is 2. The number of aromatic nitrogens is 2. The van der Waals surface area contributed by atoms with Crippen molar-refractivity contribution in [2.45, 2.75) is 12.5 Å². The minimum Gasteiger partial charge on any atom is -0.493 e. The van der Waals surface area contributed by atoms with Gasteiger partial charge in [-0.1, -0.05) is 0 Å². The highest BCUT2D eigenvalue weighted by molar-refractivity contribution is 5.59. The Morgan fingerprint density at radius 2 is 1.72 bits per heavy atom. The maximum absolute atomic E-state index is 13.5. The molecule has 4 rings (SSSR count). The van der Waals surface area contributed by atoms with Crippen LogP contribution in [0.25, 0.3) is 11.3 Å². The Balaban J connectivity index is 1.54. The average Bonchev–Trinajstić information content (AvgIpc) is 2.64. The minimum absolute atomic E-state index is 0.0922. The number of halogens is 2. The molecule has 0 bridgehead atoms. The van der Waals surface area contributed by atoms with Crippen molar-refractivity contribution in [2.75, 3.05) is 11.9 Å². The molecule has 0 saturated carbocycles. The first-order valence-corrected chi connectivity index (χ1v) is 7.97. The molecule has 0 fully saturated rings. The SMILES string of the molecule is Fc1ccc(-c2ccc(NC3CCOc4ccc(F)cc43)nn2)cc1. The van der Waals surface area contributed by atoms with E-state index in [-0.39, 0.29) is 17.7 Å². The van der Waals surface area contributed by atoms with Gasteiger partial charge in [0.2, 0.25) is 0 Å². The lowest BCUT2D eigenvalue weighted by molar-refractivity contribution is 0.273. The van der Waals surface area contributed by atoms with Crippen LogP contribution in [0.15, 0.2) is 54.6 Å². The van der Waals surface area contributed by atoms with Crippen molar-refractivity contribution in [1.82, 2.24) is 10.2 Å². The largest absolute Gasteiger partial charge is 0.493 e. The van der Waals surface area contributed by atoms with Crippen LogP contribution in [-0.2, 0) is 0 Å². The second-order valence-electron chi connectivity index (χ2n) is 5.83. The Hall–Kier alpha value is -3.02. The van der Waals surface area contributed by atoms with Crippen molar-refractivity contribution in [1.29, 1.82) is 0 Å². The summed E-state index contributed by atoms with van der Waals surface area (Å²) in [5.41, 5.74) is 2.22. The summed E-state index contributed by atoms with van der Waals surface area (Å²) in [7, 11) is 0. The lowest BCUT2D eigenvalue weighted by Crippen LogP contribution is -2.21. The summed E-state index contributed by atoms with van der Waals surface area (Å²) < 4.78 is 32.1. The predicted octanol–water partition coefficient (Wildman–Crippen LogP) is 4.36. The molecule has 6 heteroatoms. The normalized spacial score (nSPS) is 16.0. The van der Waals surface area contributed by atoms with Gasteiger partial charge in [-0.3, -0.25) is 0 Å². The summed E-state index contributed by atoms with van der Waals surface area (Å²) in [4.78, 5) is 0. The number of fused-ring (bicyclic) bond motifs is 1. The molecule has 2 heterocycles. The third kappa shape index (κ3) is 3.28. The number of anilines is 1. The van der Waals surface area contributed by atoms with Crippen LogP contribution < -0.4 is 10.1 Å². The molecule has 2 aromatic carbocycles. The van der Waals surface area contributed by atoms with E-state index in [2.05, 4.69) is 15.5 Å².